The van der Waals surface area contributed by atoms with Gasteiger partial charge in [-0.2, -0.15) is 4.31 Å². The Labute approximate surface area is 189 Å². The Morgan fingerprint density at radius 3 is 2.68 bits per heavy atom. The Kier molecular flexibility index (Phi) is 6.67. The van der Waals surface area contributed by atoms with E-state index in [1.807, 2.05) is 24.1 Å². The number of nitrogens with one attached hydrogen (secondary N) is 1. The standard InChI is InChI=1S/C23H28ClN3O3S/c1-26(21-12-9-17-7-3-4-8-19(17)21)16-23(28)25-18-10-11-20(24)22(15-18)31(29,30)27-13-5-2-6-14-27/h3-4,7-8,10-11,15,21H,2,5-6,9,12-14,16H2,1H3,(H,25,28). The molecule has 8 heteroatoms. The third-order valence-electron chi connectivity index (χ3n) is 6.17. The lowest BCUT2D eigenvalue weighted by Gasteiger charge is -2.26. The van der Waals surface area contributed by atoms with E-state index in [0.717, 1.165) is 32.1 Å². The fourth-order valence-electron chi connectivity index (χ4n) is 4.55. The number of hydrogen-bond acceptors (Lipinski definition) is 4. The Morgan fingerprint density at radius 2 is 1.90 bits per heavy atom. The van der Waals surface area contributed by atoms with Crippen molar-refractivity contribution in [2.45, 2.75) is 43.0 Å². The van der Waals surface area contributed by atoms with Gasteiger partial charge in [-0.1, -0.05) is 42.3 Å². The number of carbonyl (C=O) groups is 1. The van der Waals surface area contributed by atoms with Gasteiger partial charge in [-0.05, 0) is 62.1 Å². The van der Waals surface area contributed by atoms with E-state index >= 15 is 0 Å². The van der Waals surface area contributed by atoms with Gasteiger partial charge in [0.15, 0.2) is 0 Å². The first-order chi connectivity index (χ1) is 14.9. The number of likely N-dealkylation sites (N-methyl/N-ethyl adjacent to an activating group) is 1. The van der Waals surface area contributed by atoms with Crippen molar-refractivity contribution in [3.05, 3.63) is 58.6 Å². The summed E-state index contributed by atoms with van der Waals surface area (Å²) in [6.07, 6.45) is 4.74. The molecule has 2 aromatic carbocycles. The maximum absolute atomic E-state index is 13.0. The highest BCUT2D eigenvalue weighted by molar-refractivity contribution is 7.89. The number of carbonyl (C=O) groups excluding carboxylic acids is 1. The second-order valence-electron chi connectivity index (χ2n) is 8.33. The zero-order valence-corrected chi connectivity index (χ0v) is 19.3. The van der Waals surface area contributed by atoms with Crippen molar-refractivity contribution in [2.24, 2.45) is 0 Å². The second kappa shape index (κ2) is 9.28. The van der Waals surface area contributed by atoms with Crippen LogP contribution in [0, 0.1) is 0 Å². The number of sulfonamides is 1. The van der Waals surface area contributed by atoms with Crippen LogP contribution in [-0.2, 0) is 21.2 Å². The quantitative estimate of drug-likeness (QED) is 0.703. The van der Waals surface area contributed by atoms with E-state index in [1.165, 1.54) is 27.6 Å². The predicted octanol–water partition coefficient (Wildman–Crippen LogP) is 4.07. The van der Waals surface area contributed by atoms with Gasteiger partial charge in [0.25, 0.3) is 0 Å². The molecule has 1 N–H and O–H groups in total. The average Bonchev–Trinajstić information content (AvgIpc) is 3.20. The van der Waals surface area contributed by atoms with Crippen LogP contribution in [0.15, 0.2) is 47.4 Å². The summed E-state index contributed by atoms with van der Waals surface area (Å²) in [5, 5.41) is 3.01. The van der Waals surface area contributed by atoms with E-state index in [9.17, 15) is 13.2 Å². The Morgan fingerprint density at radius 1 is 1.16 bits per heavy atom. The summed E-state index contributed by atoms with van der Waals surface area (Å²) in [5.41, 5.74) is 3.05. The monoisotopic (exact) mass is 461 g/mol. The largest absolute Gasteiger partial charge is 0.325 e. The zero-order valence-electron chi connectivity index (χ0n) is 17.7. The fourth-order valence-corrected chi connectivity index (χ4v) is 6.57. The lowest BCUT2D eigenvalue weighted by molar-refractivity contribution is -0.117. The average molecular weight is 462 g/mol. The van der Waals surface area contributed by atoms with Gasteiger partial charge in [-0.25, -0.2) is 8.42 Å². The van der Waals surface area contributed by atoms with Crippen LogP contribution in [0.25, 0.3) is 0 Å². The zero-order chi connectivity index (χ0) is 22.0. The molecule has 1 amide bonds. The van der Waals surface area contributed by atoms with Crippen molar-refractivity contribution in [1.29, 1.82) is 0 Å². The summed E-state index contributed by atoms with van der Waals surface area (Å²) in [5.74, 6) is -0.185. The number of fused-ring (bicyclic) bond motifs is 1. The van der Waals surface area contributed by atoms with Crippen LogP contribution >= 0.6 is 11.6 Å². The van der Waals surface area contributed by atoms with Gasteiger partial charge in [0.1, 0.15) is 4.90 Å². The third kappa shape index (κ3) is 4.80. The molecule has 1 aliphatic carbocycles. The normalized spacial score (nSPS) is 19.4. The second-order valence-corrected chi connectivity index (χ2v) is 10.6. The molecule has 1 saturated heterocycles. The van der Waals surface area contributed by atoms with Gasteiger partial charge >= 0.3 is 0 Å². The molecule has 0 aromatic heterocycles. The lowest BCUT2D eigenvalue weighted by atomic mass is 10.1. The molecule has 166 valence electrons. The molecule has 1 aliphatic heterocycles. The topological polar surface area (TPSA) is 69.7 Å². The summed E-state index contributed by atoms with van der Waals surface area (Å²) in [4.78, 5) is 14.8. The van der Waals surface area contributed by atoms with Crippen molar-refractivity contribution >= 4 is 33.2 Å². The molecule has 0 spiro atoms. The number of nitrogens with zero attached hydrogens (tertiary/aromatic N) is 2. The fraction of sp³-hybridized carbons (Fsp3) is 0.435. The molecular formula is C23H28ClN3O3S. The number of anilines is 1. The summed E-state index contributed by atoms with van der Waals surface area (Å²) in [6.45, 7) is 1.22. The van der Waals surface area contributed by atoms with Crippen molar-refractivity contribution in [2.75, 3.05) is 32.0 Å². The number of amides is 1. The van der Waals surface area contributed by atoms with Crippen molar-refractivity contribution in [3.63, 3.8) is 0 Å². The van der Waals surface area contributed by atoms with Crippen LogP contribution in [0.4, 0.5) is 5.69 Å². The van der Waals surface area contributed by atoms with Gasteiger partial charge in [-0.15, -0.1) is 0 Å². The highest BCUT2D eigenvalue weighted by Gasteiger charge is 2.29. The molecular weight excluding hydrogens is 434 g/mol. The van der Waals surface area contributed by atoms with Crippen molar-refractivity contribution in [3.8, 4) is 0 Å². The van der Waals surface area contributed by atoms with Crippen LogP contribution in [0.1, 0.15) is 42.9 Å². The molecule has 0 saturated carbocycles. The molecule has 2 aliphatic rings. The maximum Gasteiger partial charge on any atom is 0.244 e. The van der Waals surface area contributed by atoms with Gasteiger partial charge in [0, 0.05) is 24.8 Å². The highest BCUT2D eigenvalue weighted by Crippen LogP contribution is 2.35. The molecule has 4 rings (SSSR count). The number of halogens is 1. The van der Waals surface area contributed by atoms with E-state index in [1.54, 1.807) is 6.07 Å². The first kappa shape index (κ1) is 22.3. The van der Waals surface area contributed by atoms with Gasteiger partial charge in [-0.3, -0.25) is 9.69 Å². The Balaban J connectivity index is 1.45. The number of hydrogen-bond donors (Lipinski definition) is 1. The van der Waals surface area contributed by atoms with E-state index < -0.39 is 10.0 Å². The van der Waals surface area contributed by atoms with Crippen LogP contribution < -0.4 is 5.32 Å². The van der Waals surface area contributed by atoms with Crippen LogP contribution in [0.3, 0.4) is 0 Å². The predicted molar refractivity (Wildman–Crippen MR) is 123 cm³/mol. The smallest absolute Gasteiger partial charge is 0.244 e. The van der Waals surface area contributed by atoms with E-state index in [0.29, 0.717) is 18.8 Å². The first-order valence-corrected chi connectivity index (χ1v) is 12.6. The van der Waals surface area contributed by atoms with Gasteiger partial charge < -0.3 is 5.32 Å². The minimum Gasteiger partial charge on any atom is -0.325 e. The molecule has 6 nitrogen and oxygen atoms in total. The van der Waals surface area contributed by atoms with E-state index in [-0.39, 0.29) is 28.4 Å². The third-order valence-corrected chi connectivity index (χ3v) is 8.55. The molecule has 1 unspecified atom stereocenters. The number of benzene rings is 2. The number of rotatable bonds is 6. The van der Waals surface area contributed by atoms with Gasteiger partial charge in [0.2, 0.25) is 15.9 Å². The summed E-state index contributed by atoms with van der Waals surface area (Å²) < 4.78 is 27.6. The van der Waals surface area contributed by atoms with Crippen LogP contribution in [-0.4, -0.2) is 50.2 Å². The maximum atomic E-state index is 13.0. The van der Waals surface area contributed by atoms with Crippen LogP contribution in [0.2, 0.25) is 5.02 Å². The van der Waals surface area contributed by atoms with E-state index in [2.05, 4.69) is 17.4 Å². The molecule has 1 heterocycles. The first-order valence-electron chi connectivity index (χ1n) is 10.7. The minimum absolute atomic E-state index is 0.0481. The molecule has 1 fully saturated rings. The Bertz CT molecular complexity index is 1070. The summed E-state index contributed by atoms with van der Waals surface area (Å²) in [6, 6.07) is 13.2. The number of piperidine rings is 1. The molecule has 1 atom stereocenters. The molecule has 0 bridgehead atoms. The molecule has 2 aromatic rings. The van der Waals surface area contributed by atoms with Crippen molar-refractivity contribution in [1.82, 2.24) is 9.21 Å². The minimum atomic E-state index is -3.68. The SMILES string of the molecule is CN(CC(=O)Nc1ccc(Cl)c(S(=O)(=O)N2CCCCC2)c1)C1CCc2ccccc21. The van der Waals surface area contributed by atoms with Crippen LogP contribution in [0.5, 0.6) is 0 Å². The summed E-state index contributed by atoms with van der Waals surface area (Å²) >= 11 is 6.23. The Hall–Kier alpha value is -1.93. The van der Waals surface area contributed by atoms with E-state index in [4.69, 9.17) is 11.6 Å². The lowest BCUT2D eigenvalue weighted by Crippen LogP contribution is -2.36. The number of aryl methyl sites for hydroxylation is 1. The highest BCUT2D eigenvalue weighted by atomic mass is 35.5. The molecule has 31 heavy (non-hydrogen) atoms. The summed E-state index contributed by atoms with van der Waals surface area (Å²) in [7, 11) is -1.74. The van der Waals surface area contributed by atoms with Gasteiger partial charge in [0.05, 0.1) is 11.6 Å². The van der Waals surface area contributed by atoms with Crippen molar-refractivity contribution < 1.29 is 13.2 Å². The molecule has 0 radical (unpaired) electrons.